The Balaban J connectivity index is 1.52. The van der Waals surface area contributed by atoms with Gasteiger partial charge in [0.25, 0.3) is 0 Å². The van der Waals surface area contributed by atoms with Crippen LogP contribution in [-0.4, -0.2) is 36.2 Å². The smallest absolute Gasteiger partial charge is 0.163 e. The van der Waals surface area contributed by atoms with Gasteiger partial charge in [-0.15, -0.1) is 0 Å². The first kappa shape index (κ1) is 15.5. The first-order valence-corrected chi connectivity index (χ1v) is 8.43. The van der Waals surface area contributed by atoms with Gasteiger partial charge in [-0.1, -0.05) is 25.0 Å². The van der Waals surface area contributed by atoms with Crippen LogP contribution in [0.1, 0.15) is 54.4 Å². The fourth-order valence-corrected chi connectivity index (χ4v) is 3.46. The Morgan fingerprint density at radius 1 is 1.23 bits per heavy atom. The Morgan fingerprint density at radius 3 is 2.86 bits per heavy atom. The van der Waals surface area contributed by atoms with Gasteiger partial charge in [0.2, 0.25) is 0 Å². The molecule has 2 N–H and O–H groups in total. The van der Waals surface area contributed by atoms with E-state index in [9.17, 15) is 9.90 Å². The van der Waals surface area contributed by atoms with Crippen molar-refractivity contribution in [2.75, 3.05) is 13.2 Å². The van der Waals surface area contributed by atoms with Crippen molar-refractivity contribution in [2.45, 2.75) is 57.1 Å². The summed E-state index contributed by atoms with van der Waals surface area (Å²) in [5, 5.41) is 13.5. The van der Waals surface area contributed by atoms with E-state index in [1.54, 1.807) is 0 Å². The molecule has 1 fully saturated rings. The minimum atomic E-state index is -0.518. The van der Waals surface area contributed by atoms with Crippen molar-refractivity contribution in [2.24, 2.45) is 0 Å². The molecule has 1 atom stereocenters. The molecule has 0 unspecified atom stereocenters. The molecule has 120 valence electrons. The Labute approximate surface area is 131 Å². The summed E-state index contributed by atoms with van der Waals surface area (Å²) in [4.78, 5) is 11.9. The summed E-state index contributed by atoms with van der Waals surface area (Å²) >= 11 is 0. The summed E-state index contributed by atoms with van der Waals surface area (Å²) in [5.41, 5.74) is 1.80. The van der Waals surface area contributed by atoms with Crippen molar-refractivity contribution in [3.8, 4) is 5.75 Å². The fraction of sp³-hybridized carbons (Fsp3) is 0.611. The minimum absolute atomic E-state index is 0.204. The predicted octanol–water partition coefficient (Wildman–Crippen LogP) is 2.48. The lowest BCUT2D eigenvalue weighted by molar-refractivity contribution is 0.0963. The van der Waals surface area contributed by atoms with E-state index in [4.69, 9.17) is 4.74 Å². The third-order valence-corrected chi connectivity index (χ3v) is 4.69. The van der Waals surface area contributed by atoms with E-state index in [-0.39, 0.29) is 12.4 Å². The standard InChI is InChI=1S/C18H25NO3/c20-14(11-19-13-5-1-2-6-13)12-22-18-10-4-7-15-16(18)8-3-9-17(15)21/h4,7,10,13-14,19-20H,1-3,5-6,8-9,11-12H2/t14-/m1/s1. The SMILES string of the molecule is O=C1CCCc2c(OC[C@H](O)CNC3CCCC3)cccc21. The molecule has 0 heterocycles. The normalized spacial score (nSPS) is 20.0. The number of Topliss-reactive ketones (excluding diaryl/α,β-unsaturated/α-hetero) is 1. The van der Waals surface area contributed by atoms with Gasteiger partial charge in [-0.25, -0.2) is 0 Å². The number of fused-ring (bicyclic) bond motifs is 1. The van der Waals surface area contributed by atoms with Crippen LogP contribution in [0, 0.1) is 0 Å². The maximum atomic E-state index is 11.9. The molecule has 22 heavy (non-hydrogen) atoms. The number of rotatable bonds is 6. The molecule has 0 spiro atoms. The Kier molecular flexibility index (Phi) is 5.11. The second-order valence-electron chi connectivity index (χ2n) is 6.41. The van der Waals surface area contributed by atoms with Gasteiger partial charge in [-0.05, 0) is 31.7 Å². The zero-order chi connectivity index (χ0) is 15.4. The number of ketones is 1. The second-order valence-corrected chi connectivity index (χ2v) is 6.41. The topological polar surface area (TPSA) is 58.6 Å². The lowest BCUT2D eigenvalue weighted by atomic mass is 9.90. The molecule has 0 amide bonds. The van der Waals surface area contributed by atoms with Crippen LogP contribution in [0.5, 0.6) is 5.75 Å². The van der Waals surface area contributed by atoms with Gasteiger partial charge in [-0.3, -0.25) is 4.79 Å². The summed E-state index contributed by atoms with van der Waals surface area (Å²) in [7, 11) is 0. The van der Waals surface area contributed by atoms with Crippen LogP contribution in [0.25, 0.3) is 0 Å². The van der Waals surface area contributed by atoms with Gasteiger partial charge in [0, 0.05) is 30.1 Å². The molecule has 0 aliphatic heterocycles. The minimum Gasteiger partial charge on any atom is -0.491 e. The fourth-order valence-electron chi connectivity index (χ4n) is 3.46. The first-order valence-electron chi connectivity index (χ1n) is 8.43. The van der Waals surface area contributed by atoms with E-state index >= 15 is 0 Å². The van der Waals surface area contributed by atoms with Crippen LogP contribution in [0.3, 0.4) is 0 Å². The van der Waals surface area contributed by atoms with Crippen LogP contribution in [0.2, 0.25) is 0 Å². The number of benzene rings is 1. The number of carbonyl (C=O) groups excluding carboxylic acids is 1. The van der Waals surface area contributed by atoms with Crippen LogP contribution >= 0.6 is 0 Å². The number of aliphatic hydroxyl groups is 1. The lowest BCUT2D eigenvalue weighted by Crippen LogP contribution is -2.36. The summed E-state index contributed by atoms with van der Waals surface area (Å²) in [6.07, 6.45) is 6.87. The average Bonchev–Trinajstić information content (AvgIpc) is 3.05. The molecule has 0 aromatic heterocycles. The lowest BCUT2D eigenvalue weighted by Gasteiger charge is -2.20. The maximum Gasteiger partial charge on any atom is 0.163 e. The number of aliphatic hydroxyl groups excluding tert-OH is 1. The van der Waals surface area contributed by atoms with Crippen molar-refractivity contribution in [1.29, 1.82) is 0 Å². The highest BCUT2D eigenvalue weighted by Gasteiger charge is 2.21. The zero-order valence-corrected chi connectivity index (χ0v) is 13.0. The monoisotopic (exact) mass is 303 g/mol. The Hall–Kier alpha value is -1.39. The van der Waals surface area contributed by atoms with Crippen LogP contribution in [0.4, 0.5) is 0 Å². The van der Waals surface area contributed by atoms with E-state index in [1.807, 2.05) is 18.2 Å². The van der Waals surface area contributed by atoms with E-state index in [0.29, 0.717) is 19.0 Å². The van der Waals surface area contributed by atoms with Gasteiger partial charge in [0.1, 0.15) is 18.5 Å². The number of nitrogens with one attached hydrogen (secondary N) is 1. The molecule has 2 aliphatic rings. The zero-order valence-electron chi connectivity index (χ0n) is 13.0. The Morgan fingerprint density at radius 2 is 2.05 bits per heavy atom. The van der Waals surface area contributed by atoms with Gasteiger partial charge in [-0.2, -0.15) is 0 Å². The number of hydrogen-bond donors (Lipinski definition) is 2. The molecule has 0 saturated heterocycles. The summed E-state index contributed by atoms with van der Waals surface area (Å²) in [6.45, 7) is 0.836. The highest BCUT2D eigenvalue weighted by atomic mass is 16.5. The quantitative estimate of drug-likeness (QED) is 0.847. The summed E-state index contributed by atoms with van der Waals surface area (Å²) in [5.74, 6) is 0.959. The molecule has 4 heteroatoms. The molecular formula is C18H25NO3. The molecule has 1 aromatic rings. The highest BCUT2D eigenvalue weighted by molar-refractivity contribution is 5.99. The largest absolute Gasteiger partial charge is 0.491 e. The van der Waals surface area contributed by atoms with Crippen molar-refractivity contribution < 1.29 is 14.6 Å². The van der Waals surface area contributed by atoms with Crippen LogP contribution in [-0.2, 0) is 6.42 Å². The van der Waals surface area contributed by atoms with Gasteiger partial charge >= 0.3 is 0 Å². The molecule has 3 rings (SSSR count). The van der Waals surface area contributed by atoms with E-state index in [0.717, 1.165) is 29.7 Å². The summed E-state index contributed by atoms with van der Waals surface area (Å²) in [6, 6.07) is 6.19. The number of ether oxygens (including phenoxy) is 1. The van der Waals surface area contributed by atoms with Gasteiger partial charge in [0.15, 0.2) is 5.78 Å². The third kappa shape index (κ3) is 3.68. The van der Waals surface area contributed by atoms with E-state index < -0.39 is 6.10 Å². The molecule has 0 bridgehead atoms. The summed E-state index contributed by atoms with van der Waals surface area (Å²) < 4.78 is 5.79. The van der Waals surface area contributed by atoms with Crippen molar-refractivity contribution in [3.63, 3.8) is 0 Å². The molecule has 0 radical (unpaired) electrons. The van der Waals surface area contributed by atoms with Crippen molar-refractivity contribution >= 4 is 5.78 Å². The first-order chi connectivity index (χ1) is 10.7. The molecule has 1 saturated carbocycles. The molecule has 1 aromatic carbocycles. The van der Waals surface area contributed by atoms with Crippen LogP contribution in [0.15, 0.2) is 18.2 Å². The maximum absolute atomic E-state index is 11.9. The third-order valence-electron chi connectivity index (χ3n) is 4.69. The Bertz CT molecular complexity index is 523. The van der Waals surface area contributed by atoms with Gasteiger partial charge in [0.05, 0.1) is 0 Å². The van der Waals surface area contributed by atoms with Crippen LogP contribution < -0.4 is 10.1 Å². The van der Waals surface area contributed by atoms with Gasteiger partial charge < -0.3 is 15.2 Å². The number of carbonyl (C=O) groups is 1. The average molecular weight is 303 g/mol. The van der Waals surface area contributed by atoms with E-state index in [1.165, 1.54) is 25.7 Å². The molecule has 4 nitrogen and oxygen atoms in total. The second kappa shape index (κ2) is 7.25. The number of hydrogen-bond acceptors (Lipinski definition) is 4. The highest BCUT2D eigenvalue weighted by Crippen LogP contribution is 2.29. The predicted molar refractivity (Wildman–Crippen MR) is 85.5 cm³/mol. The van der Waals surface area contributed by atoms with Crippen molar-refractivity contribution in [3.05, 3.63) is 29.3 Å². The molecule has 2 aliphatic carbocycles. The molecular weight excluding hydrogens is 278 g/mol. The van der Waals surface area contributed by atoms with Crippen molar-refractivity contribution in [1.82, 2.24) is 5.32 Å². The van der Waals surface area contributed by atoms with E-state index in [2.05, 4.69) is 5.32 Å².